The van der Waals surface area contributed by atoms with E-state index < -0.39 is 0 Å². The molecule has 0 heterocycles. The average Bonchev–Trinajstić information content (AvgIpc) is 2.16. The van der Waals surface area contributed by atoms with Crippen LogP contribution in [0.3, 0.4) is 0 Å². The van der Waals surface area contributed by atoms with Crippen molar-refractivity contribution in [1.29, 1.82) is 0 Å². The van der Waals surface area contributed by atoms with Crippen LogP contribution in [-0.4, -0.2) is 6.54 Å². The number of benzene rings is 1. The van der Waals surface area contributed by atoms with Gasteiger partial charge in [0.1, 0.15) is 0 Å². The molecule has 76 valence electrons. The largest absolute Gasteiger partial charge is 0.385 e. The molecule has 0 amide bonds. The molecule has 1 N–H and O–H groups in total. The van der Waals surface area contributed by atoms with Gasteiger partial charge in [-0.2, -0.15) is 0 Å². The fraction of sp³-hybridized carbons (Fsp3) is 0.500. The molecule has 0 unspecified atom stereocenters. The fourth-order valence-corrected chi connectivity index (χ4v) is 1.85. The van der Waals surface area contributed by atoms with E-state index in [0.717, 1.165) is 12.5 Å². The van der Waals surface area contributed by atoms with Gasteiger partial charge < -0.3 is 5.32 Å². The molecule has 0 aromatic heterocycles. The van der Waals surface area contributed by atoms with Crippen molar-refractivity contribution in [2.24, 2.45) is 5.92 Å². The van der Waals surface area contributed by atoms with Crippen LogP contribution in [0.1, 0.15) is 24.8 Å². The highest BCUT2D eigenvalue weighted by atomic mass is 35.5. The molecule has 0 spiro atoms. The summed E-state index contributed by atoms with van der Waals surface area (Å²) in [7, 11) is 0. The summed E-state index contributed by atoms with van der Waals surface area (Å²) in [6.45, 7) is 1.13. The van der Waals surface area contributed by atoms with Gasteiger partial charge in [-0.1, -0.05) is 18.6 Å². The predicted molar refractivity (Wildman–Crippen MR) is 61.8 cm³/mol. The average molecular weight is 210 g/mol. The van der Waals surface area contributed by atoms with Crippen LogP contribution in [0.15, 0.2) is 24.3 Å². The standard InChI is InChI=1S/C12H16ClN/c13-8-10-4-6-12(7-5-10)14-9-11-2-1-3-11/h4-7,11,14H,1-3,8-9H2. The maximum absolute atomic E-state index is 5.72. The van der Waals surface area contributed by atoms with Crippen molar-refractivity contribution >= 4 is 17.3 Å². The second kappa shape index (κ2) is 4.70. The lowest BCUT2D eigenvalue weighted by Crippen LogP contribution is -2.20. The minimum absolute atomic E-state index is 0.600. The second-order valence-corrected chi connectivity index (χ2v) is 4.28. The zero-order chi connectivity index (χ0) is 9.80. The molecule has 0 atom stereocenters. The van der Waals surface area contributed by atoms with E-state index in [-0.39, 0.29) is 0 Å². The molecule has 1 aliphatic rings. The third kappa shape index (κ3) is 2.42. The van der Waals surface area contributed by atoms with Crippen molar-refractivity contribution in [3.63, 3.8) is 0 Å². The zero-order valence-electron chi connectivity index (χ0n) is 8.30. The molecule has 1 aliphatic carbocycles. The number of hydrogen-bond donors (Lipinski definition) is 1. The predicted octanol–water partition coefficient (Wildman–Crippen LogP) is 3.64. The quantitative estimate of drug-likeness (QED) is 0.747. The lowest BCUT2D eigenvalue weighted by molar-refractivity contribution is 0.333. The van der Waals surface area contributed by atoms with Gasteiger partial charge in [-0.05, 0) is 36.5 Å². The van der Waals surface area contributed by atoms with E-state index in [9.17, 15) is 0 Å². The Balaban J connectivity index is 1.83. The molecule has 0 bridgehead atoms. The van der Waals surface area contributed by atoms with Crippen molar-refractivity contribution < 1.29 is 0 Å². The third-order valence-electron chi connectivity index (χ3n) is 2.93. The first-order valence-corrected chi connectivity index (χ1v) is 5.81. The second-order valence-electron chi connectivity index (χ2n) is 4.01. The Kier molecular flexibility index (Phi) is 3.30. The Morgan fingerprint density at radius 1 is 1.21 bits per heavy atom. The zero-order valence-corrected chi connectivity index (χ0v) is 9.06. The Morgan fingerprint density at radius 3 is 2.43 bits per heavy atom. The topological polar surface area (TPSA) is 12.0 Å². The van der Waals surface area contributed by atoms with Crippen LogP contribution in [-0.2, 0) is 5.88 Å². The van der Waals surface area contributed by atoms with Crippen LogP contribution in [0.2, 0.25) is 0 Å². The minimum Gasteiger partial charge on any atom is -0.385 e. The Labute approximate surface area is 90.5 Å². The lowest BCUT2D eigenvalue weighted by atomic mass is 9.85. The maximum atomic E-state index is 5.72. The maximum Gasteiger partial charge on any atom is 0.0474 e. The van der Waals surface area contributed by atoms with Crippen molar-refractivity contribution in [2.75, 3.05) is 11.9 Å². The molecule has 1 nitrogen and oxygen atoms in total. The van der Waals surface area contributed by atoms with Crippen LogP contribution < -0.4 is 5.32 Å². The summed E-state index contributed by atoms with van der Waals surface area (Å²) >= 11 is 5.72. The van der Waals surface area contributed by atoms with Crippen molar-refractivity contribution in [3.05, 3.63) is 29.8 Å². The van der Waals surface area contributed by atoms with Gasteiger partial charge in [-0.15, -0.1) is 11.6 Å². The van der Waals surface area contributed by atoms with Gasteiger partial charge in [0.05, 0.1) is 0 Å². The van der Waals surface area contributed by atoms with Gasteiger partial charge in [-0.3, -0.25) is 0 Å². The third-order valence-corrected chi connectivity index (χ3v) is 3.24. The number of alkyl halides is 1. The number of rotatable bonds is 4. The first kappa shape index (κ1) is 9.85. The summed E-state index contributed by atoms with van der Waals surface area (Å²) in [6.07, 6.45) is 4.21. The molecule has 0 aliphatic heterocycles. The van der Waals surface area contributed by atoms with Gasteiger partial charge in [0.15, 0.2) is 0 Å². The number of anilines is 1. The summed E-state index contributed by atoms with van der Waals surface area (Å²) < 4.78 is 0. The monoisotopic (exact) mass is 209 g/mol. The van der Waals surface area contributed by atoms with Crippen molar-refractivity contribution in [3.8, 4) is 0 Å². The van der Waals surface area contributed by atoms with Crippen LogP contribution in [0.4, 0.5) is 5.69 Å². The smallest absolute Gasteiger partial charge is 0.0474 e. The first-order valence-electron chi connectivity index (χ1n) is 5.27. The highest BCUT2D eigenvalue weighted by Crippen LogP contribution is 2.26. The van der Waals surface area contributed by atoms with Crippen LogP contribution in [0.25, 0.3) is 0 Å². The summed E-state index contributed by atoms with van der Waals surface area (Å²) in [6, 6.07) is 8.37. The molecule has 1 saturated carbocycles. The van der Waals surface area contributed by atoms with Gasteiger partial charge >= 0.3 is 0 Å². The molecule has 14 heavy (non-hydrogen) atoms. The highest BCUT2D eigenvalue weighted by Gasteiger charge is 2.16. The van der Waals surface area contributed by atoms with Gasteiger partial charge in [-0.25, -0.2) is 0 Å². The van der Waals surface area contributed by atoms with E-state index in [2.05, 4.69) is 29.6 Å². The van der Waals surface area contributed by atoms with E-state index in [1.807, 2.05) is 0 Å². The Bertz CT molecular complexity index is 277. The lowest BCUT2D eigenvalue weighted by Gasteiger charge is -2.25. The summed E-state index contributed by atoms with van der Waals surface area (Å²) in [5.74, 6) is 1.51. The van der Waals surface area contributed by atoms with E-state index in [1.54, 1.807) is 0 Å². The summed E-state index contributed by atoms with van der Waals surface area (Å²) in [4.78, 5) is 0. The highest BCUT2D eigenvalue weighted by molar-refractivity contribution is 6.17. The normalized spacial score (nSPS) is 16.4. The molecule has 1 aromatic rings. The molecule has 0 radical (unpaired) electrons. The molecule has 0 saturated heterocycles. The molecular formula is C12H16ClN. The van der Waals surface area contributed by atoms with E-state index >= 15 is 0 Å². The van der Waals surface area contributed by atoms with Crippen LogP contribution in [0.5, 0.6) is 0 Å². The van der Waals surface area contributed by atoms with Gasteiger partial charge in [0.2, 0.25) is 0 Å². The Morgan fingerprint density at radius 2 is 1.93 bits per heavy atom. The SMILES string of the molecule is ClCc1ccc(NCC2CCC2)cc1. The number of hydrogen-bond acceptors (Lipinski definition) is 1. The Hall–Kier alpha value is -0.690. The number of halogens is 1. The van der Waals surface area contributed by atoms with Crippen molar-refractivity contribution in [1.82, 2.24) is 0 Å². The van der Waals surface area contributed by atoms with Crippen LogP contribution in [0, 0.1) is 5.92 Å². The molecule has 1 fully saturated rings. The summed E-state index contributed by atoms with van der Waals surface area (Å²) in [5.41, 5.74) is 2.40. The molecule has 1 aromatic carbocycles. The number of nitrogens with one attached hydrogen (secondary N) is 1. The van der Waals surface area contributed by atoms with Crippen LogP contribution >= 0.6 is 11.6 Å². The van der Waals surface area contributed by atoms with E-state index in [4.69, 9.17) is 11.6 Å². The van der Waals surface area contributed by atoms with E-state index in [0.29, 0.717) is 5.88 Å². The fourth-order valence-electron chi connectivity index (χ4n) is 1.67. The molecule has 2 heteroatoms. The minimum atomic E-state index is 0.600. The van der Waals surface area contributed by atoms with Gasteiger partial charge in [0, 0.05) is 18.1 Å². The van der Waals surface area contributed by atoms with Crippen molar-refractivity contribution in [2.45, 2.75) is 25.1 Å². The summed E-state index contributed by atoms with van der Waals surface area (Å²) in [5, 5.41) is 3.45. The van der Waals surface area contributed by atoms with Gasteiger partial charge in [0.25, 0.3) is 0 Å². The first-order chi connectivity index (χ1) is 6.88. The molecular weight excluding hydrogens is 194 g/mol. The van der Waals surface area contributed by atoms with E-state index in [1.165, 1.54) is 30.5 Å². The molecule has 2 rings (SSSR count).